The Hall–Kier alpha value is -3.74. The lowest BCUT2D eigenvalue weighted by molar-refractivity contribution is 0.207. The summed E-state index contributed by atoms with van der Waals surface area (Å²) >= 11 is 0. The third-order valence-electron chi connectivity index (χ3n) is 5.52. The van der Waals surface area contributed by atoms with Crippen LogP contribution < -0.4 is 20.1 Å². The molecule has 180 valence electrons. The fourth-order valence-electron chi connectivity index (χ4n) is 3.70. The third kappa shape index (κ3) is 7.69. The van der Waals surface area contributed by atoms with Crippen LogP contribution in [0.3, 0.4) is 0 Å². The monoisotopic (exact) mass is 462 g/mol. The highest BCUT2D eigenvalue weighted by Gasteiger charge is 2.17. The Balaban J connectivity index is 1.54. The van der Waals surface area contributed by atoms with Gasteiger partial charge in [-0.1, -0.05) is 49.2 Å². The fourth-order valence-corrected chi connectivity index (χ4v) is 3.70. The number of ether oxygens (including phenoxy) is 2. The van der Waals surface area contributed by atoms with Crippen LogP contribution in [0.4, 0.5) is 16.3 Å². The second kappa shape index (κ2) is 13.7. The lowest BCUT2D eigenvalue weighted by Gasteiger charge is -2.24. The third-order valence-corrected chi connectivity index (χ3v) is 5.52. The largest absolute Gasteiger partial charge is 0.496 e. The van der Waals surface area contributed by atoms with E-state index in [9.17, 15) is 4.79 Å². The zero-order valence-electron chi connectivity index (χ0n) is 20.0. The normalized spacial score (nSPS) is 10.4. The fraction of sp³-hybridized carbons (Fsp3) is 0.333. The number of unbranched alkanes of at least 4 members (excludes halogenated alkanes) is 3. The number of urea groups is 1. The zero-order chi connectivity index (χ0) is 24.0. The van der Waals surface area contributed by atoms with Crippen molar-refractivity contribution in [3.63, 3.8) is 0 Å². The van der Waals surface area contributed by atoms with Crippen LogP contribution in [0.15, 0.2) is 72.9 Å². The van der Waals surface area contributed by atoms with Gasteiger partial charge in [-0.05, 0) is 43.2 Å². The Morgan fingerprint density at radius 3 is 2.32 bits per heavy atom. The summed E-state index contributed by atoms with van der Waals surface area (Å²) in [7, 11) is 3.25. The molecule has 7 heteroatoms. The first kappa shape index (κ1) is 24.9. The Labute approximate surface area is 202 Å². The predicted octanol–water partition coefficient (Wildman–Crippen LogP) is 5.81. The Kier molecular flexibility index (Phi) is 10.1. The minimum Gasteiger partial charge on any atom is -0.496 e. The van der Waals surface area contributed by atoms with E-state index in [-0.39, 0.29) is 6.03 Å². The molecule has 1 aromatic heterocycles. The molecule has 34 heavy (non-hydrogen) atoms. The van der Waals surface area contributed by atoms with Gasteiger partial charge in [0, 0.05) is 24.8 Å². The molecule has 2 N–H and O–H groups in total. The summed E-state index contributed by atoms with van der Waals surface area (Å²) < 4.78 is 10.9. The molecule has 0 spiro atoms. The molecule has 0 atom stereocenters. The van der Waals surface area contributed by atoms with Crippen LogP contribution in [-0.2, 0) is 6.54 Å². The van der Waals surface area contributed by atoms with Gasteiger partial charge in [0.15, 0.2) is 0 Å². The van der Waals surface area contributed by atoms with Crippen molar-refractivity contribution < 1.29 is 14.3 Å². The summed E-state index contributed by atoms with van der Waals surface area (Å²) in [6, 6.07) is 20.9. The molecular formula is C27H34N4O3. The number of amides is 2. The van der Waals surface area contributed by atoms with Gasteiger partial charge in [0.1, 0.15) is 17.3 Å². The zero-order valence-corrected chi connectivity index (χ0v) is 20.0. The highest BCUT2D eigenvalue weighted by molar-refractivity contribution is 5.91. The van der Waals surface area contributed by atoms with Gasteiger partial charge in [0.25, 0.3) is 0 Å². The van der Waals surface area contributed by atoms with Gasteiger partial charge in [-0.25, -0.2) is 9.78 Å². The molecule has 0 fully saturated rings. The molecule has 0 radical (unpaired) electrons. The summed E-state index contributed by atoms with van der Waals surface area (Å²) in [6.45, 7) is 2.00. The minimum atomic E-state index is -0.160. The number of benzene rings is 2. The molecule has 0 aliphatic rings. The molecule has 0 saturated heterocycles. The molecule has 2 amide bonds. The second-order valence-corrected chi connectivity index (χ2v) is 7.92. The van der Waals surface area contributed by atoms with Gasteiger partial charge < -0.3 is 25.0 Å². The number of carbonyl (C=O) groups is 1. The highest BCUT2D eigenvalue weighted by atomic mass is 16.5. The van der Waals surface area contributed by atoms with E-state index in [0.717, 1.165) is 49.4 Å². The van der Waals surface area contributed by atoms with E-state index in [4.69, 9.17) is 9.47 Å². The first-order chi connectivity index (χ1) is 16.7. The van der Waals surface area contributed by atoms with E-state index in [1.807, 2.05) is 71.6 Å². The number of aromatic nitrogens is 1. The Bertz CT molecular complexity index is 1010. The van der Waals surface area contributed by atoms with Crippen LogP contribution in [0.5, 0.6) is 11.5 Å². The van der Waals surface area contributed by atoms with E-state index in [0.29, 0.717) is 24.5 Å². The van der Waals surface area contributed by atoms with Crippen LogP contribution in [-0.4, -0.2) is 43.2 Å². The van der Waals surface area contributed by atoms with Crippen LogP contribution in [0.1, 0.15) is 31.2 Å². The number of rotatable bonds is 13. The molecular weight excluding hydrogens is 428 g/mol. The van der Waals surface area contributed by atoms with E-state index in [2.05, 4.69) is 15.6 Å². The maximum atomic E-state index is 13.2. The van der Waals surface area contributed by atoms with Crippen molar-refractivity contribution >= 4 is 17.5 Å². The lowest BCUT2D eigenvalue weighted by Crippen LogP contribution is -2.35. The number of nitrogens with zero attached hydrogens (tertiary/aromatic N) is 2. The van der Waals surface area contributed by atoms with E-state index >= 15 is 0 Å². The molecule has 0 saturated carbocycles. The maximum absolute atomic E-state index is 13.2. The molecule has 0 bridgehead atoms. The molecule has 2 aromatic carbocycles. The summed E-state index contributed by atoms with van der Waals surface area (Å²) in [4.78, 5) is 19.3. The van der Waals surface area contributed by atoms with Crippen LogP contribution in [0.25, 0.3) is 0 Å². The molecule has 0 aliphatic carbocycles. The number of pyridine rings is 1. The van der Waals surface area contributed by atoms with Crippen LogP contribution >= 0.6 is 0 Å². The number of hydrogen-bond acceptors (Lipinski definition) is 5. The van der Waals surface area contributed by atoms with Gasteiger partial charge in [0.2, 0.25) is 0 Å². The molecule has 7 nitrogen and oxygen atoms in total. The minimum absolute atomic E-state index is 0.160. The van der Waals surface area contributed by atoms with E-state index < -0.39 is 0 Å². The summed E-state index contributed by atoms with van der Waals surface area (Å²) in [5.41, 5.74) is 1.63. The summed E-state index contributed by atoms with van der Waals surface area (Å²) in [5, 5.41) is 6.34. The maximum Gasteiger partial charge on any atom is 0.322 e. The van der Waals surface area contributed by atoms with E-state index in [1.54, 1.807) is 20.4 Å². The lowest BCUT2D eigenvalue weighted by atomic mass is 10.1. The van der Waals surface area contributed by atoms with Gasteiger partial charge in [-0.15, -0.1) is 0 Å². The topological polar surface area (TPSA) is 75.7 Å². The Morgan fingerprint density at radius 2 is 1.56 bits per heavy atom. The predicted molar refractivity (Wildman–Crippen MR) is 137 cm³/mol. The Morgan fingerprint density at radius 1 is 0.853 bits per heavy atom. The summed E-state index contributed by atoms with van der Waals surface area (Å²) in [6.07, 6.45) is 5.87. The first-order valence-electron chi connectivity index (χ1n) is 11.7. The first-order valence-corrected chi connectivity index (χ1v) is 11.7. The summed E-state index contributed by atoms with van der Waals surface area (Å²) in [5.74, 6) is 2.31. The number of anilines is 2. The smallest absolute Gasteiger partial charge is 0.322 e. The van der Waals surface area contributed by atoms with Crippen molar-refractivity contribution in [3.05, 3.63) is 78.5 Å². The highest BCUT2D eigenvalue weighted by Crippen LogP contribution is 2.25. The van der Waals surface area contributed by atoms with Crippen molar-refractivity contribution in [2.24, 2.45) is 0 Å². The van der Waals surface area contributed by atoms with E-state index in [1.165, 1.54) is 0 Å². The molecule has 0 aliphatic heterocycles. The number of nitrogens with one attached hydrogen (secondary N) is 2. The molecule has 1 heterocycles. The van der Waals surface area contributed by atoms with Crippen molar-refractivity contribution in [3.8, 4) is 11.5 Å². The van der Waals surface area contributed by atoms with Crippen molar-refractivity contribution in [2.75, 3.05) is 37.9 Å². The van der Waals surface area contributed by atoms with Gasteiger partial charge in [-0.2, -0.15) is 0 Å². The van der Waals surface area contributed by atoms with Gasteiger partial charge >= 0.3 is 6.03 Å². The standard InChI is InChI=1S/C27H34N4O3/c1-33-24-15-7-5-13-22(24)21-31(27(32)30-23-14-6-8-16-25(23)34-2)20-12-4-3-10-18-28-26-17-9-11-19-29-26/h5-9,11,13-17,19H,3-4,10,12,18,20-21H2,1-2H3,(H,28,29)(H,30,32). The van der Waals surface area contributed by atoms with Crippen LogP contribution in [0, 0.1) is 0 Å². The quantitative estimate of drug-likeness (QED) is 0.314. The van der Waals surface area contributed by atoms with Crippen molar-refractivity contribution in [1.29, 1.82) is 0 Å². The average Bonchev–Trinajstić information content (AvgIpc) is 2.88. The SMILES string of the molecule is COc1ccccc1CN(CCCCCCNc1ccccn1)C(=O)Nc1ccccc1OC. The second-order valence-electron chi connectivity index (χ2n) is 7.92. The van der Waals surface area contributed by atoms with Crippen LogP contribution in [0.2, 0.25) is 0 Å². The van der Waals surface area contributed by atoms with Crippen molar-refractivity contribution in [1.82, 2.24) is 9.88 Å². The van der Waals surface area contributed by atoms with Gasteiger partial charge in [-0.3, -0.25) is 0 Å². The number of para-hydroxylation sites is 3. The average molecular weight is 463 g/mol. The molecule has 3 rings (SSSR count). The number of carbonyl (C=O) groups excluding carboxylic acids is 1. The van der Waals surface area contributed by atoms with Crippen molar-refractivity contribution in [2.45, 2.75) is 32.2 Å². The number of methoxy groups -OCH3 is 2. The number of hydrogen-bond donors (Lipinski definition) is 2. The molecule has 0 unspecified atom stereocenters. The van der Waals surface area contributed by atoms with Gasteiger partial charge in [0.05, 0.1) is 26.5 Å². The molecule has 3 aromatic rings.